The second kappa shape index (κ2) is 28.2. The van der Waals surface area contributed by atoms with Crippen molar-refractivity contribution in [2.24, 2.45) is 0 Å². The lowest BCUT2D eigenvalue weighted by atomic mass is 9.66. The zero-order valence-electron chi connectivity index (χ0n) is 34.0. The van der Waals surface area contributed by atoms with Gasteiger partial charge in [-0.1, -0.05) is 236 Å². The summed E-state index contributed by atoms with van der Waals surface area (Å²) in [7, 11) is 0. The molecule has 51 heavy (non-hydrogen) atoms. The van der Waals surface area contributed by atoms with E-state index in [4.69, 9.17) is 0 Å². The van der Waals surface area contributed by atoms with Gasteiger partial charge in [-0.05, 0) is 36.8 Å². The molecule has 1 heterocycles. The van der Waals surface area contributed by atoms with Crippen LogP contribution in [0.4, 0.5) is 0 Å². The zero-order valence-corrected chi connectivity index (χ0v) is 34.0. The van der Waals surface area contributed by atoms with E-state index in [1.807, 2.05) is 0 Å². The van der Waals surface area contributed by atoms with Crippen molar-refractivity contribution < 1.29 is 4.57 Å². The Kier molecular flexibility index (Phi) is 23.8. The number of hydrogen-bond donors (Lipinski definition) is 1. The van der Waals surface area contributed by atoms with Gasteiger partial charge < -0.3 is 0 Å². The molecule has 3 rings (SSSR count). The predicted molar refractivity (Wildman–Crippen MR) is 224 cm³/mol. The fourth-order valence-corrected chi connectivity index (χ4v) is 8.56. The first-order chi connectivity index (χ1) is 25.2. The van der Waals surface area contributed by atoms with Gasteiger partial charge in [-0.15, -0.1) is 0 Å². The van der Waals surface area contributed by atoms with Gasteiger partial charge in [-0.25, -0.2) is 9.55 Å². The maximum atomic E-state index is 3.82. The summed E-state index contributed by atoms with van der Waals surface area (Å²) in [5.74, 6) is 1.87. The monoisotopic (exact) mass is 698 g/mol. The smallest absolute Gasteiger partial charge is 0.247 e. The predicted octanol–water partition coefficient (Wildman–Crippen LogP) is 15.2. The summed E-state index contributed by atoms with van der Waals surface area (Å²) >= 11 is 0. The molecule has 1 N–H and O–H groups in total. The van der Waals surface area contributed by atoms with Gasteiger partial charge in [0.1, 0.15) is 12.4 Å². The van der Waals surface area contributed by atoms with E-state index in [1.54, 1.807) is 0 Å². The summed E-state index contributed by atoms with van der Waals surface area (Å²) < 4.78 is 2.59. The number of benzene rings is 2. The van der Waals surface area contributed by atoms with Crippen LogP contribution in [0, 0.1) is 0 Å². The molecule has 0 fully saturated rings. The molecule has 0 aliphatic heterocycles. The highest BCUT2D eigenvalue weighted by Crippen LogP contribution is 2.43. The Morgan fingerprint density at radius 1 is 0.510 bits per heavy atom. The second-order valence-corrected chi connectivity index (χ2v) is 16.3. The number of aryl methyl sites for hydroxylation is 1. The molecule has 2 aromatic carbocycles. The Morgan fingerprint density at radius 3 is 1.39 bits per heavy atom. The molecule has 0 amide bonds. The molecule has 3 aromatic rings. The number of imidazole rings is 1. The van der Waals surface area contributed by atoms with Crippen LogP contribution in [0.2, 0.25) is 0 Å². The van der Waals surface area contributed by atoms with E-state index in [9.17, 15) is 0 Å². The van der Waals surface area contributed by atoms with Crippen molar-refractivity contribution in [3.05, 3.63) is 90.0 Å². The largest absolute Gasteiger partial charge is 0.258 e. The minimum Gasteiger partial charge on any atom is -0.247 e. The highest BCUT2D eigenvalue weighted by atomic mass is 15.1. The fourth-order valence-electron chi connectivity index (χ4n) is 8.56. The summed E-state index contributed by atoms with van der Waals surface area (Å²) in [6, 6.07) is 22.7. The summed E-state index contributed by atoms with van der Waals surface area (Å²) in [5.41, 5.74) is 2.91. The van der Waals surface area contributed by atoms with Crippen molar-refractivity contribution in [3.8, 4) is 0 Å². The number of nitrogens with one attached hydrogen (secondary N) is 1. The lowest BCUT2D eigenvalue weighted by Crippen LogP contribution is -2.43. The van der Waals surface area contributed by atoms with Crippen LogP contribution < -0.4 is 4.57 Å². The molecule has 2 nitrogen and oxygen atoms in total. The molecule has 286 valence electrons. The first-order valence-corrected chi connectivity index (χ1v) is 22.3. The molecular formula is C49H81N2+. The van der Waals surface area contributed by atoms with E-state index >= 15 is 0 Å². The quantitative estimate of drug-likeness (QED) is 0.0483. The average Bonchev–Trinajstić information content (AvgIpc) is 3.62. The number of nitrogens with zero attached hydrogens (tertiary/aromatic N) is 1. The molecule has 0 saturated heterocycles. The molecule has 0 aliphatic rings. The lowest BCUT2D eigenvalue weighted by molar-refractivity contribution is -0.705. The molecule has 0 aliphatic carbocycles. The molecule has 2 unspecified atom stereocenters. The third kappa shape index (κ3) is 17.8. The number of aromatic nitrogens is 2. The van der Waals surface area contributed by atoms with Crippen LogP contribution in [0.1, 0.15) is 217 Å². The van der Waals surface area contributed by atoms with Crippen molar-refractivity contribution in [1.29, 1.82) is 0 Å². The van der Waals surface area contributed by atoms with Gasteiger partial charge in [0.2, 0.25) is 0 Å². The summed E-state index contributed by atoms with van der Waals surface area (Å²) in [6.45, 7) is 8.30. The van der Waals surface area contributed by atoms with Gasteiger partial charge in [-0.2, -0.15) is 0 Å². The molecule has 0 radical (unpaired) electrons. The Balaban J connectivity index is 1.54. The van der Waals surface area contributed by atoms with Crippen LogP contribution in [0.3, 0.4) is 0 Å². The molecule has 2 heteroatoms. The molecule has 0 bridgehead atoms. The highest BCUT2D eigenvalue weighted by molar-refractivity contribution is 5.32. The average molecular weight is 698 g/mol. The normalized spacial score (nSPS) is 13.4. The van der Waals surface area contributed by atoms with Crippen LogP contribution in [0.15, 0.2) is 73.1 Å². The Morgan fingerprint density at radius 2 is 0.922 bits per heavy atom. The maximum Gasteiger partial charge on any atom is 0.258 e. The van der Waals surface area contributed by atoms with Gasteiger partial charge >= 0.3 is 0 Å². The SMILES string of the molecule is CCCCCCCCCCCCCCCCC(c1[nH]cc[n+]1CCCCCCCCCCCCCC)C(C)(Cc1ccccc1)c1ccccc1. The van der Waals surface area contributed by atoms with Crippen molar-refractivity contribution >= 4 is 0 Å². The molecular weight excluding hydrogens is 617 g/mol. The third-order valence-electron chi connectivity index (χ3n) is 11.8. The highest BCUT2D eigenvalue weighted by Gasteiger charge is 2.41. The van der Waals surface area contributed by atoms with Crippen LogP contribution in [0.25, 0.3) is 0 Å². The molecule has 0 spiro atoms. The lowest BCUT2D eigenvalue weighted by Gasteiger charge is -2.37. The minimum absolute atomic E-state index is 0.00228. The van der Waals surface area contributed by atoms with E-state index in [-0.39, 0.29) is 5.41 Å². The van der Waals surface area contributed by atoms with Crippen molar-refractivity contribution in [2.75, 3.05) is 0 Å². The number of unbranched alkanes of at least 4 members (excludes halogenated alkanes) is 24. The van der Waals surface area contributed by atoms with E-state index in [2.05, 4.69) is 103 Å². The van der Waals surface area contributed by atoms with Gasteiger partial charge in [0.05, 0.1) is 12.5 Å². The number of rotatable bonds is 33. The van der Waals surface area contributed by atoms with Gasteiger partial charge in [-0.3, -0.25) is 0 Å². The van der Waals surface area contributed by atoms with Gasteiger partial charge in [0, 0.05) is 5.41 Å². The topological polar surface area (TPSA) is 19.7 Å². The Hall–Kier alpha value is -2.35. The Labute approximate surface area is 317 Å². The standard InChI is InChI=1S/C49H80N2/c1-4-6-8-10-12-14-16-18-19-20-22-24-26-34-40-47(49(3,46-38-32-29-33-39-46)44-45-36-30-28-31-37-45)48-50-41-43-51(48)42-35-27-25-23-21-17-15-13-11-9-7-5-2/h28-33,36-39,41,43,47H,4-27,34-35,40,42,44H2,1-3H3/p+1. The summed E-state index contributed by atoms with van der Waals surface area (Å²) in [5, 5.41) is 0. The van der Waals surface area contributed by atoms with E-state index in [0.29, 0.717) is 5.92 Å². The third-order valence-corrected chi connectivity index (χ3v) is 11.8. The van der Waals surface area contributed by atoms with Crippen molar-refractivity contribution in [3.63, 3.8) is 0 Å². The number of hydrogen-bond acceptors (Lipinski definition) is 0. The van der Waals surface area contributed by atoms with Gasteiger partial charge in [0.15, 0.2) is 0 Å². The first kappa shape index (κ1) is 43.1. The van der Waals surface area contributed by atoms with Crippen LogP contribution in [-0.4, -0.2) is 4.98 Å². The molecule has 0 saturated carbocycles. The van der Waals surface area contributed by atoms with Crippen LogP contribution >= 0.6 is 0 Å². The number of aromatic amines is 1. The first-order valence-electron chi connectivity index (χ1n) is 22.3. The fraction of sp³-hybridized carbons (Fsp3) is 0.694. The maximum absolute atomic E-state index is 3.82. The Bertz CT molecular complexity index is 1180. The second-order valence-electron chi connectivity index (χ2n) is 16.3. The summed E-state index contributed by atoms with van der Waals surface area (Å²) in [4.78, 5) is 3.82. The number of H-pyrrole nitrogens is 1. The van der Waals surface area contributed by atoms with Crippen LogP contribution in [-0.2, 0) is 18.4 Å². The molecule has 1 aromatic heterocycles. The van der Waals surface area contributed by atoms with E-state index in [1.165, 1.54) is 190 Å². The van der Waals surface area contributed by atoms with E-state index in [0.717, 1.165) is 13.0 Å². The van der Waals surface area contributed by atoms with Crippen molar-refractivity contribution in [2.45, 2.75) is 218 Å². The van der Waals surface area contributed by atoms with Crippen molar-refractivity contribution in [1.82, 2.24) is 4.98 Å². The molecule has 2 atom stereocenters. The van der Waals surface area contributed by atoms with E-state index < -0.39 is 0 Å². The summed E-state index contributed by atoms with van der Waals surface area (Å²) in [6.07, 6.45) is 43.4. The van der Waals surface area contributed by atoms with Crippen LogP contribution in [0.5, 0.6) is 0 Å². The zero-order chi connectivity index (χ0) is 36.1. The minimum atomic E-state index is 0.00228. The van der Waals surface area contributed by atoms with Gasteiger partial charge in [0.25, 0.3) is 5.82 Å².